The molecule has 0 atom stereocenters. The van der Waals surface area contributed by atoms with Crippen LogP contribution in [0, 0.1) is 13.8 Å². The predicted molar refractivity (Wildman–Crippen MR) is 89.6 cm³/mol. The molecule has 4 nitrogen and oxygen atoms in total. The lowest BCUT2D eigenvalue weighted by molar-refractivity contribution is 0.0462. The number of aryl methyl sites for hydroxylation is 3. The lowest BCUT2D eigenvalue weighted by Crippen LogP contribution is -2.10. The van der Waals surface area contributed by atoms with E-state index in [9.17, 15) is 4.79 Å². The van der Waals surface area contributed by atoms with Gasteiger partial charge in [-0.15, -0.1) is 0 Å². The molecule has 2 heterocycles. The quantitative estimate of drug-likeness (QED) is 0.687. The smallest absolute Gasteiger partial charge is 0.357 e. The topological polar surface area (TPSA) is 43.6 Å². The molecule has 3 rings (SSSR count). The third-order valence-electron chi connectivity index (χ3n) is 3.99. The van der Waals surface area contributed by atoms with Gasteiger partial charge in [-0.1, -0.05) is 37.3 Å². The van der Waals surface area contributed by atoms with Crippen LogP contribution in [0.15, 0.2) is 42.6 Å². The maximum Gasteiger partial charge on any atom is 0.357 e. The highest BCUT2D eigenvalue weighted by Gasteiger charge is 2.18. The minimum Gasteiger partial charge on any atom is -0.456 e. The summed E-state index contributed by atoms with van der Waals surface area (Å²) in [4.78, 5) is 17.0. The van der Waals surface area contributed by atoms with Crippen molar-refractivity contribution >= 4 is 11.6 Å². The summed E-state index contributed by atoms with van der Waals surface area (Å²) < 4.78 is 7.35. The van der Waals surface area contributed by atoms with Crippen molar-refractivity contribution in [2.45, 2.75) is 33.8 Å². The number of pyridine rings is 1. The standard InChI is InChI=1S/C19H20N2O2/c1-4-15-7-5-6-8-16(15)12-23-19(22)18-14(3)20-17-10-9-13(2)11-21(17)18/h5-11H,4,12H2,1-3H3. The maximum absolute atomic E-state index is 12.5. The van der Waals surface area contributed by atoms with E-state index in [1.54, 1.807) is 4.40 Å². The zero-order valence-corrected chi connectivity index (χ0v) is 13.7. The van der Waals surface area contributed by atoms with Gasteiger partial charge in [-0.25, -0.2) is 9.78 Å². The van der Waals surface area contributed by atoms with Gasteiger partial charge in [-0.05, 0) is 43.0 Å². The Morgan fingerprint density at radius 2 is 1.87 bits per heavy atom. The summed E-state index contributed by atoms with van der Waals surface area (Å²) in [5.41, 5.74) is 5.26. The van der Waals surface area contributed by atoms with E-state index < -0.39 is 0 Å². The summed E-state index contributed by atoms with van der Waals surface area (Å²) in [6.07, 6.45) is 2.83. The second kappa shape index (κ2) is 6.24. The first-order valence-corrected chi connectivity index (χ1v) is 7.79. The number of imidazole rings is 1. The highest BCUT2D eigenvalue weighted by Crippen LogP contribution is 2.16. The number of carbonyl (C=O) groups excluding carboxylic acids is 1. The molecular weight excluding hydrogens is 288 g/mol. The zero-order valence-electron chi connectivity index (χ0n) is 13.7. The van der Waals surface area contributed by atoms with Crippen molar-refractivity contribution in [3.63, 3.8) is 0 Å². The average Bonchev–Trinajstić information content (AvgIpc) is 2.88. The molecule has 0 aliphatic carbocycles. The molecule has 0 amide bonds. The van der Waals surface area contributed by atoms with Crippen LogP contribution in [0.4, 0.5) is 0 Å². The molecule has 118 valence electrons. The molecule has 0 bridgehead atoms. The van der Waals surface area contributed by atoms with Crippen molar-refractivity contribution in [2.24, 2.45) is 0 Å². The van der Waals surface area contributed by atoms with Crippen LogP contribution in [0.25, 0.3) is 5.65 Å². The first kappa shape index (κ1) is 15.3. The van der Waals surface area contributed by atoms with E-state index in [0.29, 0.717) is 11.4 Å². The number of esters is 1. The first-order valence-electron chi connectivity index (χ1n) is 7.79. The number of ether oxygens (including phenoxy) is 1. The number of rotatable bonds is 4. The third-order valence-corrected chi connectivity index (χ3v) is 3.99. The molecule has 0 N–H and O–H groups in total. The minimum atomic E-state index is -0.341. The Labute approximate surface area is 135 Å². The second-order valence-electron chi connectivity index (χ2n) is 5.68. The van der Waals surface area contributed by atoms with Crippen molar-refractivity contribution in [3.8, 4) is 0 Å². The van der Waals surface area contributed by atoms with Crippen molar-refractivity contribution in [1.82, 2.24) is 9.38 Å². The average molecular weight is 308 g/mol. The van der Waals surface area contributed by atoms with Gasteiger partial charge in [-0.2, -0.15) is 0 Å². The molecule has 0 aliphatic rings. The van der Waals surface area contributed by atoms with Gasteiger partial charge in [0.25, 0.3) is 0 Å². The molecule has 1 aromatic carbocycles. The van der Waals surface area contributed by atoms with Crippen LogP contribution in [0.1, 0.15) is 39.8 Å². The summed E-state index contributed by atoms with van der Waals surface area (Å²) in [7, 11) is 0. The van der Waals surface area contributed by atoms with Gasteiger partial charge in [-0.3, -0.25) is 4.40 Å². The number of hydrogen-bond donors (Lipinski definition) is 0. The molecule has 0 aliphatic heterocycles. The molecular formula is C19H20N2O2. The normalized spacial score (nSPS) is 10.9. The van der Waals surface area contributed by atoms with Crippen molar-refractivity contribution in [2.75, 3.05) is 0 Å². The molecule has 0 saturated heterocycles. The molecule has 23 heavy (non-hydrogen) atoms. The minimum absolute atomic E-state index is 0.279. The van der Waals surface area contributed by atoms with Gasteiger partial charge >= 0.3 is 5.97 Å². The fourth-order valence-corrected chi connectivity index (χ4v) is 2.77. The lowest BCUT2D eigenvalue weighted by Gasteiger charge is -2.09. The monoisotopic (exact) mass is 308 g/mol. The van der Waals surface area contributed by atoms with E-state index in [1.807, 2.05) is 50.4 Å². The molecule has 4 heteroatoms. The summed E-state index contributed by atoms with van der Waals surface area (Å²) >= 11 is 0. The van der Waals surface area contributed by atoms with E-state index in [1.165, 1.54) is 5.56 Å². The Morgan fingerprint density at radius 1 is 1.13 bits per heavy atom. The Kier molecular flexibility index (Phi) is 4.15. The van der Waals surface area contributed by atoms with Crippen LogP contribution in [-0.4, -0.2) is 15.4 Å². The lowest BCUT2D eigenvalue weighted by atomic mass is 10.1. The molecule has 3 aromatic rings. The molecule has 0 unspecified atom stereocenters. The highest BCUT2D eigenvalue weighted by molar-refractivity contribution is 5.90. The predicted octanol–water partition coefficient (Wildman–Crippen LogP) is 3.87. The number of carbonyl (C=O) groups is 1. The van der Waals surface area contributed by atoms with Crippen LogP contribution in [0.3, 0.4) is 0 Å². The summed E-state index contributed by atoms with van der Waals surface area (Å²) in [5.74, 6) is -0.341. The molecule has 2 aromatic heterocycles. The Bertz CT molecular complexity index is 865. The van der Waals surface area contributed by atoms with Gasteiger partial charge in [0.1, 0.15) is 12.3 Å². The molecule has 0 radical (unpaired) electrons. The molecule has 0 saturated carbocycles. The number of hydrogen-bond acceptors (Lipinski definition) is 3. The number of fused-ring (bicyclic) bond motifs is 1. The van der Waals surface area contributed by atoms with Gasteiger partial charge in [0, 0.05) is 6.20 Å². The zero-order chi connectivity index (χ0) is 16.4. The van der Waals surface area contributed by atoms with Gasteiger partial charge in [0.15, 0.2) is 5.69 Å². The van der Waals surface area contributed by atoms with E-state index in [0.717, 1.165) is 23.2 Å². The summed E-state index contributed by atoms with van der Waals surface area (Å²) in [5, 5.41) is 0. The SMILES string of the molecule is CCc1ccccc1COC(=O)c1c(C)nc2ccc(C)cn12. The van der Waals surface area contributed by atoms with E-state index in [4.69, 9.17) is 4.74 Å². The van der Waals surface area contributed by atoms with Crippen molar-refractivity contribution in [3.05, 3.63) is 70.7 Å². The fourth-order valence-electron chi connectivity index (χ4n) is 2.77. The van der Waals surface area contributed by atoms with Gasteiger partial charge in [0.05, 0.1) is 5.69 Å². The van der Waals surface area contributed by atoms with Crippen LogP contribution in [-0.2, 0) is 17.8 Å². The highest BCUT2D eigenvalue weighted by atomic mass is 16.5. The van der Waals surface area contributed by atoms with Crippen LogP contribution >= 0.6 is 0 Å². The fraction of sp³-hybridized carbons (Fsp3) is 0.263. The Balaban J connectivity index is 1.86. The van der Waals surface area contributed by atoms with Gasteiger partial charge < -0.3 is 4.74 Å². The van der Waals surface area contributed by atoms with E-state index in [-0.39, 0.29) is 12.6 Å². The largest absolute Gasteiger partial charge is 0.456 e. The summed E-state index contributed by atoms with van der Waals surface area (Å²) in [6, 6.07) is 11.9. The molecule has 0 fully saturated rings. The first-order chi connectivity index (χ1) is 11.1. The number of benzene rings is 1. The van der Waals surface area contributed by atoms with Crippen LogP contribution < -0.4 is 0 Å². The van der Waals surface area contributed by atoms with Crippen LogP contribution in [0.2, 0.25) is 0 Å². The Morgan fingerprint density at radius 3 is 2.61 bits per heavy atom. The number of aromatic nitrogens is 2. The van der Waals surface area contributed by atoms with E-state index in [2.05, 4.69) is 18.0 Å². The van der Waals surface area contributed by atoms with E-state index >= 15 is 0 Å². The second-order valence-corrected chi connectivity index (χ2v) is 5.68. The van der Waals surface area contributed by atoms with Crippen molar-refractivity contribution < 1.29 is 9.53 Å². The van der Waals surface area contributed by atoms with Crippen LogP contribution in [0.5, 0.6) is 0 Å². The maximum atomic E-state index is 12.5. The van der Waals surface area contributed by atoms with Gasteiger partial charge in [0.2, 0.25) is 0 Å². The Hall–Kier alpha value is -2.62. The summed E-state index contributed by atoms with van der Waals surface area (Å²) in [6.45, 7) is 6.19. The van der Waals surface area contributed by atoms with Crippen molar-refractivity contribution in [1.29, 1.82) is 0 Å². The molecule has 0 spiro atoms. The third kappa shape index (κ3) is 2.97. The number of nitrogens with zero attached hydrogens (tertiary/aromatic N) is 2.